The van der Waals surface area contributed by atoms with Gasteiger partial charge in [0, 0.05) is 11.1 Å². The van der Waals surface area contributed by atoms with Gasteiger partial charge in [0.1, 0.15) is 11.5 Å². The molecule has 0 fully saturated rings. The molecule has 2 unspecified atom stereocenters. The summed E-state index contributed by atoms with van der Waals surface area (Å²) in [5, 5.41) is 1.15. The largest absolute Gasteiger partial charge is 0.494 e. The molecule has 2 bridgehead atoms. The number of fused-ring (bicyclic) bond motifs is 3. The smallest absolute Gasteiger partial charge is 0.130 e. The van der Waals surface area contributed by atoms with Crippen LogP contribution in [-0.4, -0.2) is 6.10 Å². The van der Waals surface area contributed by atoms with Gasteiger partial charge in [0.05, 0.1) is 12.5 Å². The monoisotopic (exact) mass is 174 g/mol. The normalized spacial score (nSPS) is 29.2. The van der Waals surface area contributed by atoms with Crippen LogP contribution >= 0.6 is 0 Å². The van der Waals surface area contributed by atoms with Crippen LogP contribution in [-0.2, 0) is 4.74 Å². The van der Waals surface area contributed by atoms with Crippen LogP contribution in [0.5, 0.6) is 0 Å². The fourth-order valence-corrected chi connectivity index (χ4v) is 1.88. The van der Waals surface area contributed by atoms with Gasteiger partial charge in [-0.25, -0.2) is 0 Å². The standard InChI is InChI=1S/C11H10O2/c1-3-12-10-5-8(1)6-11-9(7-10)2-4-13-11/h1-4,6-8,10H,5H2. The first-order chi connectivity index (χ1) is 6.42. The van der Waals surface area contributed by atoms with Gasteiger partial charge in [0.25, 0.3) is 0 Å². The van der Waals surface area contributed by atoms with Crippen LogP contribution in [0.3, 0.4) is 0 Å². The van der Waals surface area contributed by atoms with E-state index in [0.29, 0.717) is 5.92 Å². The second-order valence-corrected chi connectivity index (χ2v) is 3.48. The highest BCUT2D eigenvalue weighted by Gasteiger charge is 2.18. The van der Waals surface area contributed by atoms with Crippen LogP contribution in [0.15, 0.2) is 29.1 Å². The van der Waals surface area contributed by atoms with Crippen molar-refractivity contribution >= 4 is 12.2 Å². The molecule has 2 heteroatoms. The molecule has 0 N–H and O–H groups in total. The quantitative estimate of drug-likeness (QED) is 0.579. The molecule has 0 aromatic carbocycles. The van der Waals surface area contributed by atoms with Crippen LogP contribution < -0.4 is 10.6 Å². The summed E-state index contributed by atoms with van der Waals surface area (Å²) in [6, 6.07) is 1.98. The molecule has 1 aliphatic heterocycles. The molecule has 2 aliphatic rings. The van der Waals surface area contributed by atoms with E-state index in [-0.39, 0.29) is 6.10 Å². The fraction of sp³-hybridized carbons (Fsp3) is 0.273. The number of hydrogen-bond acceptors (Lipinski definition) is 2. The molecule has 1 aromatic rings. The number of hydrogen-bond donors (Lipinski definition) is 0. The topological polar surface area (TPSA) is 22.4 Å². The minimum atomic E-state index is 0.213. The van der Waals surface area contributed by atoms with Gasteiger partial charge in [-0.05, 0) is 30.7 Å². The Balaban J connectivity index is 2.28. The Morgan fingerprint density at radius 1 is 1.31 bits per heavy atom. The summed E-state index contributed by atoms with van der Waals surface area (Å²) < 4.78 is 10.8. The first-order valence-electron chi connectivity index (χ1n) is 4.51. The molecule has 0 saturated heterocycles. The summed E-state index contributed by atoms with van der Waals surface area (Å²) in [4.78, 5) is 0. The van der Waals surface area contributed by atoms with E-state index in [9.17, 15) is 0 Å². The van der Waals surface area contributed by atoms with Crippen LogP contribution in [0.2, 0.25) is 0 Å². The molecular formula is C11H10O2. The third-order valence-electron chi connectivity index (χ3n) is 2.54. The van der Waals surface area contributed by atoms with Crippen LogP contribution in [0.4, 0.5) is 0 Å². The van der Waals surface area contributed by atoms with Crippen molar-refractivity contribution in [2.75, 3.05) is 0 Å². The van der Waals surface area contributed by atoms with Gasteiger partial charge in [0.2, 0.25) is 0 Å². The summed E-state index contributed by atoms with van der Waals surface area (Å²) >= 11 is 0. The lowest BCUT2D eigenvalue weighted by Crippen LogP contribution is -2.20. The van der Waals surface area contributed by atoms with Crippen molar-refractivity contribution in [1.29, 1.82) is 0 Å². The highest BCUT2D eigenvalue weighted by molar-refractivity contribution is 5.39. The van der Waals surface area contributed by atoms with Crippen molar-refractivity contribution in [3.63, 3.8) is 0 Å². The second-order valence-electron chi connectivity index (χ2n) is 3.48. The minimum absolute atomic E-state index is 0.213. The van der Waals surface area contributed by atoms with Crippen LogP contribution in [0.25, 0.3) is 12.2 Å². The minimum Gasteiger partial charge on any atom is -0.494 e. The predicted molar refractivity (Wildman–Crippen MR) is 49.0 cm³/mol. The van der Waals surface area contributed by atoms with Gasteiger partial charge in [-0.1, -0.05) is 0 Å². The summed E-state index contributed by atoms with van der Waals surface area (Å²) in [7, 11) is 0. The first-order valence-corrected chi connectivity index (χ1v) is 4.51. The fourth-order valence-electron chi connectivity index (χ4n) is 1.88. The maximum atomic E-state index is 5.46. The molecule has 1 aromatic heterocycles. The molecular weight excluding hydrogens is 164 g/mol. The number of ether oxygens (including phenoxy) is 1. The Morgan fingerprint density at radius 3 is 3.31 bits per heavy atom. The summed E-state index contributed by atoms with van der Waals surface area (Å²) in [5.74, 6) is 0.461. The van der Waals surface area contributed by atoms with Crippen LogP contribution in [0, 0.1) is 5.92 Å². The zero-order valence-electron chi connectivity index (χ0n) is 7.14. The van der Waals surface area contributed by atoms with Gasteiger partial charge in [0.15, 0.2) is 0 Å². The van der Waals surface area contributed by atoms with Crippen molar-refractivity contribution < 1.29 is 9.15 Å². The highest BCUT2D eigenvalue weighted by Crippen LogP contribution is 2.20. The van der Waals surface area contributed by atoms with E-state index >= 15 is 0 Å². The Bertz CT molecular complexity index is 453. The number of furan rings is 1. The number of rotatable bonds is 0. The lowest BCUT2D eigenvalue weighted by Gasteiger charge is -2.19. The Kier molecular flexibility index (Phi) is 1.36. The average molecular weight is 174 g/mol. The molecule has 2 atom stereocenters. The van der Waals surface area contributed by atoms with E-state index in [2.05, 4.69) is 18.2 Å². The maximum Gasteiger partial charge on any atom is 0.130 e. The predicted octanol–water partition coefficient (Wildman–Crippen LogP) is 0.773. The Hall–Kier alpha value is -1.44. The lowest BCUT2D eigenvalue weighted by molar-refractivity contribution is 0.169. The average Bonchev–Trinajstić information content (AvgIpc) is 2.49. The van der Waals surface area contributed by atoms with Crippen molar-refractivity contribution in [1.82, 2.24) is 0 Å². The van der Waals surface area contributed by atoms with Gasteiger partial charge in [-0.15, -0.1) is 0 Å². The Labute approximate surface area is 75.8 Å². The third kappa shape index (κ3) is 1.10. The molecule has 0 saturated carbocycles. The van der Waals surface area contributed by atoms with Gasteiger partial charge < -0.3 is 9.15 Å². The Morgan fingerprint density at radius 2 is 2.31 bits per heavy atom. The van der Waals surface area contributed by atoms with Crippen molar-refractivity contribution in [3.8, 4) is 0 Å². The molecule has 2 heterocycles. The first kappa shape index (κ1) is 7.01. The zero-order valence-corrected chi connectivity index (χ0v) is 7.14. The maximum absolute atomic E-state index is 5.46. The van der Waals surface area contributed by atoms with Gasteiger partial charge in [-0.3, -0.25) is 0 Å². The molecule has 0 amide bonds. The summed E-state index contributed by atoms with van der Waals surface area (Å²) in [6.07, 6.45) is 11.1. The molecule has 2 nitrogen and oxygen atoms in total. The van der Waals surface area contributed by atoms with E-state index in [1.165, 1.54) is 0 Å². The van der Waals surface area contributed by atoms with E-state index < -0.39 is 0 Å². The van der Waals surface area contributed by atoms with Gasteiger partial charge in [-0.2, -0.15) is 0 Å². The van der Waals surface area contributed by atoms with E-state index in [4.69, 9.17) is 9.15 Å². The molecule has 0 spiro atoms. The highest BCUT2D eigenvalue weighted by atomic mass is 16.5. The molecule has 0 radical (unpaired) electrons. The van der Waals surface area contributed by atoms with Crippen molar-refractivity contribution in [3.05, 3.63) is 35.3 Å². The number of allylic oxidation sites excluding steroid dienone is 1. The van der Waals surface area contributed by atoms with E-state index in [1.54, 1.807) is 12.5 Å². The van der Waals surface area contributed by atoms with Crippen LogP contribution in [0.1, 0.15) is 6.42 Å². The molecule has 66 valence electrons. The summed E-state index contributed by atoms with van der Waals surface area (Å²) in [5.41, 5.74) is 0.975. The lowest BCUT2D eigenvalue weighted by atomic mass is 10.0. The van der Waals surface area contributed by atoms with E-state index in [0.717, 1.165) is 17.1 Å². The van der Waals surface area contributed by atoms with Gasteiger partial charge >= 0.3 is 0 Å². The van der Waals surface area contributed by atoms with Crippen molar-refractivity contribution in [2.45, 2.75) is 12.5 Å². The SMILES string of the molecule is C1=CC2C=c3occc3=CC(C2)O1. The molecule has 3 rings (SSSR count). The molecule has 13 heavy (non-hydrogen) atoms. The molecule has 1 aliphatic carbocycles. The van der Waals surface area contributed by atoms with Crippen molar-refractivity contribution in [2.24, 2.45) is 5.92 Å². The zero-order chi connectivity index (χ0) is 8.67. The second kappa shape index (κ2) is 2.52. The van der Waals surface area contributed by atoms with E-state index in [1.807, 2.05) is 6.07 Å². The summed E-state index contributed by atoms with van der Waals surface area (Å²) in [6.45, 7) is 0. The third-order valence-corrected chi connectivity index (χ3v) is 2.54.